The lowest BCUT2D eigenvalue weighted by Crippen LogP contribution is -2.36. The van der Waals surface area contributed by atoms with E-state index in [9.17, 15) is 22.8 Å². The van der Waals surface area contributed by atoms with Crippen LogP contribution in [0.3, 0.4) is 0 Å². The monoisotopic (exact) mass is 346 g/mol. The van der Waals surface area contributed by atoms with Gasteiger partial charge in [-0.3, -0.25) is 9.59 Å². The molecule has 0 saturated heterocycles. The van der Waals surface area contributed by atoms with Gasteiger partial charge in [0, 0.05) is 24.1 Å². The number of amides is 2. The van der Waals surface area contributed by atoms with Gasteiger partial charge in [0.25, 0.3) is 0 Å². The molecule has 0 aliphatic carbocycles. The lowest BCUT2D eigenvalue weighted by Gasteiger charge is -2.17. The van der Waals surface area contributed by atoms with E-state index in [1.54, 1.807) is 20.8 Å². The zero-order chi connectivity index (χ0) is 18.4. The second kappa shape index (κ2) is 8.03. The summed E-state index contributed by atoms with van der Waals surface area (Å²) in [6, 6.07) is 5.56. The normalized spacial score (nSPS) is 11.8. The topological polar surface area (TPSA) is 67.4 Å². The molecule has 0 aromatic heterocycles. The van der Waals surface area contributed by atoms with Gasteiger partial charge in [-0.15, -0.1) is 0 Å². The van der Waals surface area contributed by atoms with Crippen molar-refractivity contribution in [1.82, 2.24) is 5.32 Å². The van der Waals surface area contributed by atoms with Crippen molar-refractivity contribution in [1.29, 1.82) is 0 Å². The molecule has 5 nitrogen and oxygen atoms in total. The van der Waals surface area contributed by atoms with Gasteiger partial charge < -0.3 is 15.4 Å². The summed E-state index contributed by atoms with van der Waals surface area (Å²) >= 11 is 0. The summed E-state index contributed by atoms with van der Waals surface area (Å²) in [7, 11) is 0. The molecule has 2 N–H and O–H groups in total. The molecule has 0 fully saturated rings. The first kappa shape index (κ1) is 19.8. The molecule has 0 aliphatic rings. The number of nitrogens with one attached hydrogen (secondary N) is 2. The average Bonchev–Trinajstić information content (AvgIpc) is 2.44. The Labute approximate surface area is 138 Å². The third kappa shape index (κ3) is 7.85. The molecular formula is C16H21F3N2O3. The summed E-state index contributed by atoms with van der Waals surface area (Å²) in [5.41, 5.74) is -0.0931. The Morgan fingerprint density at radius 2 is 1.67 bits per heavy atom. The molecular weight excluding hydrogens is 325 g/mol. The third-order valence-electron chi connectivity index (χ3n) is 2.86. The first-order valence-electron chi connectivity index (χ1n) is 7.35. The minimum absolute atomic E-state index is 0.0581. The van der Waals surface area contributed by atoms with Crippen LogP contribution in [-0.2, 0) is 9.59 Å². The largest absolute Gasteiger partial charge is 0.484 e. The van der Waals surface area contributed by atoms with E-state index in [-0.39, 0.29) is 30.5 Å². The van der Waals surface area contributed by atoms with Crippen LogP contribution in [0.5, 0.6) is 5.75 Å². The van der Waals surface area contributed by atoms with Gasteiger partial charge >= 0.3 is 6.18 Å². The number of halogens is 3. The van der Waals surface area contributed by atoms with Gasteiger partial charge in [0.1, 0.15) is 5.75 Å². The minimum Gasteiger partial charge on any atom is -0.484 e. The number of hydrogen-bond donors (Lipinski definition) is 2. The molecule has 1 aromatic rings. The highest BCUT2D eigenvalue weighted by molar-refractivity contribution is 5.91. The number of alkyl halides is 3. The van der Waals surface area contributed by atoms with Crippen molar-refractivity contribution >= 4 is 17.5 Å². The van der Waals surface area contributed by atoms with E-state index in [1.807, 2.05) is 0 Å². The molecule has 24 heavy (non-hydrogen) atoms. The highest BCUT2D eigenvalue weighted by atomic mass is 19.4. The van der Waals surface area contributed by atoms with Crippen molar-refractivity contribution < 1.29 is 27.5 Å². The zero-order valence-electron chi connectivity index (χ0n) is 13.8. The predicted octanol–water partition coefficient (Wildman–Crippen LogP) is 3.12. The molecule has 8 heteroatoms. The summed E-state index contributed by atoms with van der Waals surface area (Å²) in [6.07, 6.45) is -4.31. The van der Waals surface area contributed by atoms with Gasteiger partial charge in [-0.25, -0.2) is 0 Å². The fourth-order valence-corrected chi connectivity index (χ4v) is 1.58. The second-order valence-electron chi connectivity index (χ2n) is 6.23. The minimum atomic E-state index is -4.40. The Kier molecular flexibility index (Phi) is 6.62. The van der Waals surface area contributed by atoms with Gasteiger partial charge in [0.2, 0.25) is 11.8 Å². The smallest absolute Gasteiger partial charge is 0.422 e. The fraction of sp³-hybridized carbons (Fsp3) is 0.500. The number of carbonyl (C=O) groups is 2. The van der Waals surface area contributed by atoms with Crippen LogP contribution in [0, 0.1) is 5.41 Å². The average molecular weight is 346 g/mol. The van der Waals surface area contributed by atoms with Crippen LogP contribution in [0.25, 0.3) is 0 Å². The van der Waals surface area contributed by atoms with Crippen molar-refractivity contribution in [3.8, 4) is 5.75 Å². The van der Waals surface area contributed by atoms with E-state index >= 15 is 0 Å². The Hall–Kier alpha value is -2.25. The molecule has 0 atom stereocenters. The maximum absolute atomic E-state index is 12.0. The zero-order valence-corrected chi connectivity index (χ0v) is 13.8. The van der Waals surface area contributed by atoms with Crippen molar-refractivity contribution in [2.24, 2.45) is 5.41 Å². The van der Waals surface area contributed by atoms with Crippen molar-refractivity contribution in [2.45, 2.75) is 33.4 Å². The number of anilines is 1. The molecule has 0 spiro atoms. The summed E-state index contributed by atoms with van der Waals surface area (Å²) in [5.74, 6) is -0.405. The highest BCUT2D eigenvalue weighted by Gasteiger charge is 2.28. The summed E-state index contributed by atoms with van der Waals surface area (Å²) in [6.45, 7) is 4.14. The quantitative estimate of drug-likeness (QED) is 0.832. The Morgan fingerprint density at radius 1 is 1.08 bits per heavy atom. The van der Waals surface area contributed by atoms with E-state index in [2.05, 4.69) is 15.4 Å². The second-order valence-corrected chi connectivity index (χ2v) is 6.23. The molecule has 0 heterocycles. The molecule has 1 rings (SSSR count). The fourth-order valence-electron chi connectivity index (χ4n) is 1.58. The maximum atomic E-state index is 12.0. The van der Waals surface area contributed by atoms with Crippen LogP contribution in [0.2, 0.25) is 0 Å². The third-order valence-corrected chi connectivity index (χ3v) is 2.86. The van der Waals surface area contributed by atoms with Crippen molar-refractivity contribution in [2.75, 3.05) is 18.5 Å². The molecule has 1 aromatic carbocycles. The van der Waals surface area contributed by atoms with Gasteiger partial charge in [-0.1, -0.05) is 20.8 Å². The number of carbonyl (C=O) groups excluding carboxylic acids is 2. The molecule has 134 valence electrons. The van der Waals surface area contributed by atoms with Crippen LogP contribution < -0.4 is 15.4 Å². The molecule has 2 amide bonds. The number of benzene rings is 1. The molecule has 0 unspecified atom stereocenters. The summed E-state index contributed by atoms with van der Waals surface area (Å²) < 4.78 is 40.7. The van der Waals surface area contributed by atoms with Gasteiger partial charge in [-0.2, -0.15) is 13.2 Å². The maximum Gasteiger partial charge on any atom is 0.422 e. The Balaban J connectivity index is 2.38. The first-order valence-corrected chi connectivity index (χ1v) is 7.35. The van der Waals surface area contributed by atoms with Crippen LogP contribution in [-0.4, -0.2) is 31.1 Å². The van der Waals surface area contributed by atoms with E-state index in [0.717, 1.165) is 0 Å². The van der Waals surface area contributed by atoms with Crippen LogP contribution >= 0.6 is 0 Å². The van der Waals surface area contributed by atoms with E-state index in [1.165, 1.54) is 24.3 Å². The Bertz CT molecular complexity index is 563. The molecule has 0 radical (unpaired) electrons. The standard InChI is InChI=1S/C16H21F3N2O3/c1-15(2,3)14(23)20-9-8-13(22)21-11-4-6-12(7-5-11)24-10-16(17,18)19/h4-7H,8-10H2,1-3H3,(H,20,23)(H,21,22). The van der Waals surface area contributed by atoms with Gasteiger partial charge in [0.05, 0.1) is 0 Å². The molecule has 0 aliphatic heterocycles. The lowest BCUT2D eigenvalue weighted by molar-refractivity contribution is -0.153. The summed E-state index contributed by atoms with van der Waals surface area (Å²) in [5, 5.41) is 5.24. The number of hydrogen-bond acceptors (Lipinski definition) is 3. The highest BCUT2D eigenvalue weighted by Crippen LogP contribution is 2.20. The van der Waals surface area contributed by atoms with E-state index in [4.69, 9.17) is 0 Å². The van der Waals surface area contributed by atoms with Crippen LogP contribution in [0.4, 0.5) is 18.9 Å². The SMILES string of the molecule is CC(C)(C)C(=O)NCCC(=O)Nc1ccc(OCC(F)(F)F)cc1. The van der Waals surface area contributed by atoms with E-state index in [0.29, 0.717) is 5.69 Å². The number of rotatable bonds is 6. The Morgan fingerprint density at radius 3 is 2.17 bits per heavy atom. The lowest BCUT2D eigenvalue weighted by atomic mass is 9.96. The van der Waals surface area contributed by atoms with Crippen molar-refractivity contribution in [3.05, 3.63) is 24.3 Å². The molecule has 0 saturated carbocycles. The van der Waals surface area contributed by atoms with Crippen LogP contribution in [0.1, 0.15) is 27.2 Å². The van der Waals surface area contributed by atoms with Crippen molar-refractivity contribution in [3.63, 3.8) is 0 Å². The predicted molar refractivity (Wildman–Crippen MR) is 83.7 cm³/mol. The van der Waals surface area contributed by atoms with Crippen LogP contribution in [0.15, 0.2) is 24.3 Å². The number of ether oxygens (including phenoxy) is 1. The molecule has 0 bridgehead atoms. The van der Waals surface area contributed by atoms with Gasteiger partial charge in [-0.05, 0) is 24.3 Å². The first-order chi connectivity index (χ1) is 11.0. The van der Waals surface area contributed by atoms with E-state index < -0.39 is 18.2 Å². The summed E-state index contributed by atoms with van der Waals surface area (Å²) in [4.78, 5) is 23.4. The van der Waals surface area contributed by atoms with Gasteiger partial charge in [0.15, 0.2) is 6.61 Å².